The van der Waals surface area contributed by atoms with Crippen LogP contribution in [0.15, 0.2) is 0 Å². The van der Waals surface area contributed by atoms with Crippen LogP contribution in [-0.2, 0) is 9.53 Å². The summed E-state index contributed by atoms with van der Waals surface area (Å²) in [7, 11) is 0. The predicted octanol–water partition coefficient (Wildman–Crippen LogP) is 3.49. The van der Waals surface area contributed by atoms with Crippen molar-refractivity contribution < 1.29 is 13.9 Å². The molecule has 0 amide bonds. The molecule has 0 aromatic heterocycles. The number of alkyl halides is 1. The summed E-state index contributed by atoms with van der Waals surface area (Å²) < 4.78 is 19.9. The van der Waals surface area contributed by atoms with Crippen LogP contribution in [0.4, 0.5) is 4.39 Å². The minimum atomic E-state index is -1.29. The van der Waals surface area contributed by atoms with Gasteiger partial charge in [-0.15, -0.1) is 0 Å². The van der Waals surface area contributed by atoms with Crippen LogP contribution in [0.25, 0.3) is 0 Å². The van der Waals surface area contributed by atoms with Crippen LogP contribution in [0.3, 0.4) is 0 Å². The van der Waals surface area contributed by atoms with Crippen molar-refractivity contribution in [3.63, 3.8) is 0 Å². The molecule has 0 aromatic carbocycles. The number of hydrogen-bond acceptors (Lipinski definition) is 2. The van der Waals surface area contributed by atoms with Crippen LogP contribution >= 0.6 is 0 Å². The van der Waals surface area contributed by atoms with Gasteiger partial charge < -0.3 is 4.74 Å². The van der Waals surface area contributed by atoms with E-state index in [2.05, 4.69) is 0 Å². The van der Waals surface area contributed by atoms with E-state index in [1.807, 2.05) is 41.5 Å². The Morgan fingerprint density at radius 1 is 1.41 bits per heavy atom. The standard InChI is InChI=1S/C14H23FO2/c1-9(2)7-13(10(16)17-11(3,4)5)12(6)8-14(12,13)15/h9H,7-8H2,1-6H3/t12?,13?,14-/m1/s1. The highest BCUT2D eigenvalue weighted by Gasteiger charge is 3.02. The number of rotatable bonds is 3. The number of carbonyl (C=O) groups is 1. The van der Waals surface area contributed by atoms with E-state index in [0.29, 0.717) is 18.8 Å². The van der Waals surface area contributed by atoms with Gasteiger partial charge in [0.2, 0.25) is 0 Å². The van der Waals surface area contributed by atoms with Gasteiger partial charge in [-0.3, -0.25) is 4.79 Å². The minimum absolute atomic E-state index is 0.305. The Bertz CT molecular complexity index is 355. The maximum atomic E-state index is 14.5. The number of fused-ring (bicyclic) bond motifs is 1. The first kappa shape index (κ1) is 12.8. The largest absolute Gasteiger partial charge is 0.459 e. The third kappa shape index (κ3) is 1.40. The van der Waals surface area contributed by atoms with Gasteiger partial charge in [0.15, 0.2) is 0 Å². The van der Waals surface area contributed by atoms with Gasteiger partial charge in [0.1, 0.15) is 16.7 Å². The number of carbonyl (C=O) groups excluding carboxylic acids is 1. The Morgan fingerprint density at radius 2 is 1.88 bits per heavy atom. The van der Waals surface area contributed by atoms with Crippen molar-refractivity contribution in [2.45, 2.75) is 65.7 Å². The first-order valence-electron chi connectivity index (χ1n) is 6.42. The lowest BCUT2D eigenvalue weighted by atomic mass is 9.80. The molecule has 17 heavy (non-hydrogen) atoms. The molecule has 2 aliphatic rings. The molecule has 2 saturated carbocycles. The van der Waals surface area contributed by atoms with E-state index < -0.39 is 22.1 Å². The summed E-state index contributed by atoms with van der Waals surface area (Å²) in [5, 5.41) is 0. The van der Waals surface area contributed by atoms with Gasteiger partial charge in [-0.1, -0.05) is 20.8 Å². The van der Waals surface area contributed by atoms with Crippen molar-refractivity contribution in [1.82, 2.24) is 0 Å². The molecule has 2 fully saturated rings. The van der Waals surface area contributed by atoms with E-state index in [0.717, 1.165) is 0 Å². The normalized spacial score (nSPS) is 43.3. The van der Waals surface area contributed by atoms with E-state index in [9.17, 15) is 9.18 Å². The summed E-state index contributed by atoms with van der Waals surface area (Å²) >= 11 is 0. The lowest BCUT2D eigenvalue weighted by Gasteiger charge is -2.30. The number of hydrogen-bond donors (Lipinski definition) is 0. The average molecular weight is 242 g/mol. The molecular formula is C14H23FO2. The molecule has 0 radical (unpaired) electrons. The fraction of sp³-hybridized carbons (Fsp3) is 0.929. The van der Waals surface area contributed by atoms with Crippen molar-refractivity contribution >= 4 is 5.97 Å². The molecule has 0 aliphatic heterocycles. The maximum Gasteiger partial charge on any atom is 0.316 e. The monoisotopic (exact) mass is 242 g/mol. The van der Waals surface area contributed by atoms with Crippen molar-refractivity contribution in [3.05, 3.63) is 0 Å². The highest BCUT2D eigenvalue weighted by molar-refractivity contribution is 5.89. The van der Waals surface area contributed by atoms with Crippen molar-refractivity contribution in [3.8, 4) is 0 Å². The molecule has 3 heteroatoms. The topological polar surface area (TPSA) is 26.3 Å². The van der Waals surface area contributed by atoms with E-state index in [4.69, 9.17) is 4.74 Å². The second-order valence-corrected chi connectivity index (χ2v) is 7.32. The molecule has 2 unspecified atom stereocenters. The molecule has 3 atom stereocenters. The lowest BCUT2D eigenvalue weighted by Crippen LogP contribution is -2.38. The van der Waals surface area contributed by atoms with Crippen molar-refractivity contribution in [1.29, 1.82) is 0 Å². The average Bonchev–Trinajstić information content (AvgIpc) is 2.77. The molecule has 2 aliphatic carbocycles. The third-order valence-corrected chi connectivity index (χ3v) is 4.36. The van der Waals surface area contributed by atoms with E-state index in [-0.39, 0.29) is 5.97 Å². The number of ether oxygens (including phenoxy) is 1. The second kappa shape index (κ2) is 3.04. The number of esters is 1. The Labute approximate surface area is 103 Å². The molecule has 0 saturated heterocycles. The molecule has 0 heterocycles. The molecular weight excluding hydrogens is 219 g/mol. The fourth-order valence-electron chi connectivity index (χ4n) is 3.38. The van der Waals surface area contributed by atoms with Crippen LogP contribution in [0.5, 0.6) is 0 Å². The van der Waals surface area contributed by atoms with Gasteiger partial charge in [-0.05, 0) is 39.5 Å². The maximum absolute atomic E-state index is 14.5. The summed E-state index contributed by atoms with van der Waals surface area (Å²) in [6.45, 7) is 11.4. The Balaban J connectivity index is 2.19. The minimum Gasteiger partial charge on any atom is -0.459 e. The van der Waals surface area contributed by atoms with E-state index in [1.165, 1.54) is 0 Å². The first-order chi connectivity index (χ1) is 7.50. The molecule has 0 bridgehead atoms. The highest BCUT2D eigenvalue weighted by atomic mass is 19.1. The van der Waals surface area contributed by atoms with Crippen molar-refractivity contribution in [2.24, 2.45) is 16.7 Å². The molecule has 0 aromatic rings. The molecule has 0 N–H and O–H groups in total. The zero-order valence-electron chi connectivity index (χ0n) is 11.7. The van der Waals surface area contributed by atoms with E-state index in [1.54, 1.807) is 0 Å². The lowest BCUT2D eigenvalue weighted by molar-refractivity contribution is -0.168. The highest BCUT2D eigenvalue weighted by Crippen LogP contribution is 2.94. The van der Waals surface area contributed by atoms with Crippen LogP contribution < -0.4 is 0 Å². The summed E-state index contributed by atoms with van der Waals surface area (Å²) in [6, 6.07) is 0. The molecule has 2 nitrogen and oxygen atoms in total. The molecule has 98 valence electrons. The van der Waals surface area contributed by atoms with Gasteiger partial charge in [0.25, 0.3) is 0 Å². The Morgan fingerprint density at radius 3 is 2.12 bits per heavy atom. The predicted molar refractivity (Wildman–Crippen MR) is 64.3 cm³/mol. The van der Waals surface area contributed by atoms with Gasteiger partial charge in [0.05, 0.1) is 0 Å². The summed E-state index contributed by atoms with van der Waals surface area (Å²) in [6.07, 6.45) is 1.11. The molecule has 0 spiro atoms. The smallest absolute Gasteiger partial charge is 0.316 e. The van der Waals surface area contributed by atoms with Gasteiger partial charge in [-0.25, -0.2) is 4.39 Å². The zero-order chi connectivity index (χ0) is 13.3. The van der Waals surface area contributed by atoms with Gasteiger partial charge in [-0.2, -0.15) is 0 Å². The first-order valence-corrected chi connectivity index (χ1v) is 6.42. The zero-order valence-corrected chi connectivity index (χ0v) is 11.7. The van der Waals surface area contributed by atoms with Crippen molar-refractivity contribution in [2.75, 3.05) is 0 Å². The van der Waals surface area contributed by atoms with Crippen LogP contribution in [0.1, 0.15) is 54.4 Å². The quantitative estimate of drug-likeness (QED) is 0.708. The van der Waals surface area contributed by atoms with Crippen LogP contribution in [-0.4, -0.2) is 17.2 Å². The summed E-state index contributed by atoms with van der Waals surface area (Å²) in [4.78, 5) is 12.3. The summed E-state index contributed by atoms with van der Waals surface area (Å²) in [5.74, 6) is -0.0327. The van der Waals surface area contributed by atoms with Gasteiger partial charge in [0, 0.05) is 5.41 Å². The van der Waals surface area contributed by atoms with Crippen LogP contribution in [0.2, 0.25) is 0 Å². The van der Waals surface area contributed by atoms with Crippen LogP contribution in [0, 0.1) is 16.7 Å². The van der Waals surface area contributed by atoms with E-state index >= 15 is 0 Å². The number of halogens is 1. The SMILES string of the molecule is CC(C)CC1(C(=O)OC(C)(C)C)C2(C)C[C@@]21F. The van der Waals surface area contributed by atoms with Gasteiger partial charge >= 0.3 is 5.97 Å². The Kier molecular flexibility index (Phi) is 2.30. The fourth-order valence-corrected chi connectivity index (χ4v) is 3.38. The molecule has 2 rings (SSSR count). The second-order valence-electron chi connectivity index (χ2n) is 7.32. The summed E-state index contributed by atoms with van der Waals surface area (Å²) in [5.41, 5.74) is -3.14. The Hall–Kier alpha value is -0.600. The third-order valence-electron chi connectivity index (χ3n) is 4.36.